The van der Waals surface area contributed by atoms with Gasteiger partial charge in [-0.3, -0.25) is 4.79 Å². The van der Waals surface area contributed by atoms with E-state index in [-0.39, 0.29) is 23.7 Å². The molecule has 0 atom stereocenters. The molecule has 0 bridgehead atoms. The first kappa shape index (κ1) is 22.5. The van der Waals surface area contributed by atoms with Gasteiger partial charge in [-0.15, -0.1) is 0 Å². The smallest absolute Gasteiger partial charge is 0.339 e. The van der Waals surface area contributed by atoms with E-state index in [0.717, 1.165) is 18.9 Å². The van der Waals surface area contributed by atoms with Crippen LogP contribution in [0.1, 0.15) is 103 Å². The highest BCUT2D eigenvalue weighted by Crippen LogP contribution is 2.14. The van der Waals surface area contributed by atoms with Crippen LogP contribution in [0.5, 0.6) is 5.75 Å². The second-order valence-electron chi connectivity index (χ2n) is 7.31. The number of aromatic hydroxyl groups is 1. The average Bonchev–Trinajstić information content (AvgIpc) is 2.58. The Bertz CT molecular complexity index is 547. The Morgan fingerprint density at radius 1 is 0.846 bits per heavy atom. The van der Waals surface area contributed by atoms with E-state index in [0.29, 0.717) is 6.42 Å². The van der Waals surface area contributed by atoms with E-state index in [2.05, 4.69) is 6.92 Å². The van der Waals surface area contributed by atoms with Crippen molar-refractivity contribution in [2.75, 3.05) is 0 Å². The molecule has 0 radical (unpaired) electrons. The molecule has 1 rings (SSSR count). The maximum absolute atomic E-state index is 11.9. The summed E-state index contributed by atoms with van der Waals surface area (Å²) in [5.74, 6) is 0.154. The first-order valence-corrected chi connectivity index (χ1v) is 10.5. The minimum atomic E-state index is -0.617. The van der Waals surface area contributed by atoms with Gasteiger partial charge in [0, 0.05) is 12.5 Å². The zero-order valence-electron chi connectivity index (χ0n) is 16.4. The monoisotopic (exact) mass is 364 g/mol. The molecule has 0 aliphatic heterocycles. The highest BCUT2D eigenvalue weighted by Gasteiger charge is 2.08. The molecule has 1 aromatic rings. The normalized spacial score (nSPS) is 11.0. The fourth-order valence-electron chi connectivity index (χ4n) is 3.23. The molecule has 0 fully saturated rings. The van der Waals surface area contributed by atoms with Crippen molar-refractivity contribution >= 4 is 5.78 Å². The van der Waals surface area contributed by atoms with Gasteiger partial charge in [-0.1, -0.05) is 84.0 Å². The number of carbonyl (C=O) groups is 1. The van der Waals surface area contributed by atoms with Gasteiger partial charge in [0.2, 0.25) is 0 Å². The Morgan fingerprint density at radius 2 is 1.35 bits per heavy atom. The van der Waals surface area contributed by atoms with Gasteiger partial charge >= 0.3 is 5.63 Å². The minimum absolute atomic E-state index is 0.0572. The summed E-state index contributed by atoms with van der Waals surface area (Å²) in [5.41, 5.74) is -0.617. The van der Waals surface area contributed by atoms with Gasteiger partial charge in [0.25, 0.3) is 0 Å². The second kappa shape index (κ2) is 14.6. The molecule has 1 N–H and O–H groups in total. The van der Waals surface area contributed by atoms with Gasteiger partial charge in [-0.05, 0) is 6.42 Å². The van der Waals surface area contributed by atoms with Crippen molar-refractivity contribution in [2.45, 2.75) is 103 Å². The molecule has 0 aromatic carbocycles. The lowest BCUT2D eigenvalue weighted by atomic mass is 10.0. The SMILES string of the molecule is CCCCCCCCCCCCCCCC(=O)Cc1cc(O)cc(=O)o1. The number of hydrogen-bond donors (Lipinski definition) is 1. The van der Waals surface area contributed by atoms with Crippen LogP contribution in [0.2, 0.25) is 0 Å². The predicted octanol–water partition coefficient (Wildman–Crippen LogP) is 5.94. The Hall–Kier alpha value is -1.58. The molecular weight excluding hydrogens is 328 g/mol. The molecule has 0 aliphatic carbocycles. The summed E-state index contributed by atoms with van der Waals surface area (Å²) in [5, 5.41) is 9.33. The fourth-order valence-corrected chi connectivity index (χ4v) is 3.23. The van der Waals surface area contributed by atoms with Crippen LogP contribution in [0.15, 0.2) is 21.3 Å². The van der Waals surface area contributed by atoms with Gasteiger partial charge in [0.1, 0.15) is 17.3 Å². The van der Waals surface area contributed by atoms with Gasteiger partial charge in [0.15, 0.2) is 0 Å². The van der Waals surface area contributed by atoms with Crippen LogP contribution in [0, 0.1) is 0 Å². The Balaban J connectivity index is 1.92. The third kappa shape index (κ3) is 11.9. The summed E-state index contributed by atoms with van der Waals surface area (Å²) in [6.07, 6.45) is 17.3. The van der Waals surface area contributed by atoms with E-state index in [4.69, 9.17) is 4.42 Å². The van der Waals surface area contributed by atoms with E-state index >= 15 is 0 Å². The molecule has 0 amide bonds. The van der Waals surface area contributed by atoms with Crippen molar-refractivity contribution in [3.63, 3.8) is 0 Å². The van der Waals surface area contributed by atoms with Gasteiger partial charge < -0.3 is 9.52 Å². The number of carbonyl (C=O) groups excluding carboxylic acids is 1. The van der Waals surface area contributed by atoms with E-state index in [9.17, 15) is 14.7 Å². The Morgan fingerprint density at radius 3 is 1.85 bits per heavy atom. The first-order valence-electron chi connectivity index (χ1n) is 10.5. The lowest BCUT2D eigenvalue weighted by Crippen LogP contribution is -2.06. The molecule has 0 aliphatic rings. The quantitative estimate of drug-likeness (QED) is 0.369. The molecule has 4 nitrogen and oxygen atoms in total. The molecule has 1 heterocycles. The third-order valence-electron chi connectivity index (χ3n) is 4.74. The number of unbranched alkanes of at least 4 members (excludes halogenated alkanes) is 12. The second-order valence-corrected chi connectivity index (χ2v) is 7.31. The van der Waals surface area contributed by atoms with Gasteiger partial charge in [0.05, 0.1) is 12.5 Å². The van der Waals surface area contributed by atoms with Crippen LogP contribution in [0.4, 0.5) is 0 Å². The van der Waals surface area contributed by atoms with Crippen LogP contribution >= 0.6 is 0 Å². The van der Waals surface area contributed by atoms with Crippen molar-refractivity contribution in [2.24, 2.45) is 0 Å². The van der Waals surface area contributed by atoms with E-state index < -0.39 is 5.63 Å². The van der Waals surface area contributed by atoms with Crippen molar-refractivity contribution < 1.29 is 14.3 Å². The molecule has 0 saturated carbocycles. The summed E-state index contributed by atoms with van der Waals surface area (Å²) in [7, 11) is 0. The van der Waals surface area contributed by atoms with Crippen molar-refractivity contribution in [1.29, 1.82) is 0 Å². The van der Waals surface area contributed by atoms with E-state index in [1.165, 1.54) is 76.7 Å². The average molecular weight is 365 g/mol. The summed E-state index contributed by atoms with van der Waals surface area (Å²) < 4.78 is 4.91. The van der Waals surface area contributed by atoms with Crippen LogP contribution in [0.25, 0.3) is 0 Å². The van der Waals surface area contributed by atoms with Crippen molar-refractivity contribution in [3.05, 3.63) is 28.3 Å². The zero-order valence-corrected chi connectivity index (χ0v) is 16.4. The standard InChI is InChI=1S/C22H36O4/c1-2-3-4-5-6-7-8-9-10-11-12-13-14-15-19(23)16-21-17-20(24)18-22(25)26-21/h17-18,24H,2-16H2,1H3. The fraction of sp³-hybridized carbons (Fsp3) is 0.727. The minimum Gasteiger partial charge on any atom is -0.508 e. The maximum atomic E-state index is 11.9. The highest BCUT2D eigenvalue weighted by molar-refractivity contribution is 5.80. The molecule has 0 unspecified atom stereocenters. The van der Waals surface area contributed by atoms with E-state index in [1.54, 1.807) is 0 Å². The summed E-state index contributed by atoms with van der Waals surface area (Å²) in [6.45, 7) is 2.25. The molecule has 1 aromatic heterocycles. The first-order chi connectivity index (χ1) is 12.6. The molecule has 26 heavy (non-hydrogen) atoms. The maximum Gasteiger partial charge on any atom is 0.339 e. The number of rotatable bonds is 16. The predicted molar refractivity (Wildman–Crippen MR) is 106 cm³/mol. The molecule has 4 heteroatoms. The van der Waals surface area contributed by atoms with Gasteiger partial charge in [-0.25, -0.2) is 4.79 Å². The molecule has 148 valence electrons. The number of hydrogen-bond acceptors (Lipinski definition) is 4. The molecular formula is C22H36O4. The summed E-state index contributed by atoms with van der Waals surface area (Å²) in [6, 6.07) is 2.34. The van der Waals surface area contributed by atoms with Crippen LogP contribution < -0.4 is 5.63 Å². The van der Waals surface area contributed by atoms with E-state index in [1.807, 2.05) is 0 Å². The van der Waals surface area contributed by atoms with Crippen LogP contribution in [-0.2, 0) is 11.2 Å². The summed E-state index contributed by atoms with van der Waals surface area (Å²) in [4.78, 5) is 23.0. The zero-order chi connectivity index (χ0) is 19.0. The Kier molecular flexibility index (Phi) is 12.6. The van der Waals surface area contributed by atoms with Crippen LogP contribution in [0.3, 0.4) is 0 Å². The molecule has 0 saturated heterocycles. The highest BCUT2D eigenvalue weighted by atomic mass is 16.4. The third-order valence-corrected chi connectivity index (χ3v) is 4.74. The topological polar surface area (TPSA) is 67.5 Å². The number of ketones is 1. The lowest BCUT2D eigenvalue weighted by molar-refractivity contribution is -0.118. The summed E-state index contributed by atoms with van der Waals surface area (Å²) >= 11 is 0. The van der Waals surface area contributed by atoms with Crippen LogP contribution in [-0.4, -0.2) is 10.9 Å². The lowest BCUT2D eigenvalue weighted by Gasteiger charge is -2.03. The van der Waals surface area contributed by atoms with Gasteiger partial charge in [-0.2, -0.15) is 0 Å². The van der Waals surface area contributed by atoms with Crippen molar-refractivity contribution in [1.82, 2.24) is 0 Å². The largest absolute Gasteiger partial charge is 0.508 e. The Labute approximate surface area is 158 Å². The van der Waals surface area contributed by atoms with Crippen molar-refractivity contribution in [3.8, 4) is 5.75 Å². The number of Topliss-reactive ketones (excluding diaryl/α,β-unsaturated/α-hetero) is 1. The molecule has 0 spiro atoms.